The van der Waals surface area contributed by atoms with Crippen molar-refractivity contribution in [3.05, 3.63) is 89.5 Å². The second-order valence-electron chi connectivity index (χ2n) is 12.4. The molecule has 0 aromatic heterocycles. The molecule has 0 amide bonds. The molecule has 9 radical (unpaired) electrons. The van der Waals surface area contributed by atoms with Gasteiger partial charge >= 0.3 is 0 Å². The number of ketones is 6. The van der Waals surface area contributed by atoms with Gasteiger partial charge in [-0.25, -0.2) is 0 Å². The lowest BCUT2D eigenvalue weighted by Crippen LogP contribution is -2.21. The molecule has 3 fully saturated rings. The monoisotopic (exact) mass is 868 g/mol. The summed E-state index contributed by atoms with van der Waals surface area (Å²) in [7, 11) is 4.82. The molecule has 0 saturated heterocycles. The third-order valence-corrected chi connectivity index (χ3v) is 8.76. The number of hydrogen-bond donors (Lipinski definition) is 0. The predicted octanol–water partition coefficient (Wildman–Crippen LogP) is 11.3. The largest absolute Gasteiger partial charge is 0.497 e. The second-order valence-corrected chi connectivity index (χ2v) is 12.4. The lowest BCUT2D eigenvalue weighted by molar-refractivity contribution is -0.131. The van der Waals surface area contributed by atoms with Crippen LogP contribution in [0.1, 0.15) is 175 Å². The van der Waals surface area contributed by atoms with E-state index in [1.165, 1.54) is 0 Å². The van der Waals surface area contributed by atoms with Gasteiger partial charge in [-0.3, -0.25) is 28.8 Å². The van der Waals surface area contributed by atoms with E-state index in [-0.39, 0.29) is 97.0 Å². The lowest BCUT2D eigenvalue weighted by Gasteiger charge is -2.22. The predicted molar refractivity (Wildman–Crippen MR) is 264 cm³/mol. The van der Waals surface area contributed by atoms with Crippen molar-refractivity contribution in [1.29, 1.82) is 0 Å². The van der Waals surface area contributed by atoms with Gasteiger partial charge in [0.2, 0.25) is 0 Å². The first-order valence-corrected chi connectivity index (χ1v) is 22.1. The molecule has 0 spiro atoms. The highest BCUT2D eigenvalue weighted by molar-refractivity contribution is 6.03. The van der Waals surface area contributed by atoms with Crippen molar-refractivity contribution in [2.75, 3.05) is 21.3 Å². The average molecular weight is 868 g/mol. The SMILES string of the molecule is CC.CC.CC.CC.CC.CC.COc1ccc(C2CC(=O)CC(=O)C2)cc1.COc1cccc(C2CC(=O)CC(=O)C2)c1.COc1ccccc1C1CC(=O)CC(=O)C1.[B].[B].[B]. The maximum atomic E-state index is 11.4. The number of rotatable bonds is 6. The van der Waals surface area contributed by atoms with Gasteiger partial charge < -0.3 is 14.2 Å². The van der Waals surface area contributed by atoms with E-state index in [1.807, 2.05) is 156 Å². The molecule has 3 saturated carbocycles. The Morgan fingerprint density at radius 1 is 0.365 bits per heavy atom. The molecule has 12 heteroatoms. The van der Waals surface area contributed by atoms with Crippen molar-refractivity contribution >= 4 is 59.9 Å². The molecular formula is C51H78B3O9. The van der Waals surface area contributed by atoms with Gasteiger partial charge in [-0.05, 0) is 58.9 Å². The summed E-state index contributed by atoms with van der Waals surface area (Å²) in [4.78, 5) is 68.2. The molecule has 6 rings (SSSR count). The highest BCUT2D eigenvalue weighted by atomic mass is 16.5. The Morgan fingerprint density at radius 2 is 0.714 bits per heavy atom. The van der Waals surface area contributed by atoms with Crippen LogP contribution in [-0.2, 0) is 28.8 Å². The summed E-state index contributed by atoms with van der Waals surface area (Å²) in [5.41, 5.74) is 3.02. The van der Waals surface area contributed by atoms with E-state index in [0.29, 0.717) is 38.5 Å². The Hall–Kier alpha value is -4.73. The van der Waals surface area contributed by atoms with Crippen LogP contribution in [0.25, 0.3) is 0 Å². The number of methoxy groups -OCH3 is 3. The van der Waals surface area contributed by atoms with E-state index in [1.54, 1.807) is 21.3 Å². The first kappa shape index (κ1) is 70.0. The van der Waals surface area contributed by atoms with Crippen LogP contribution in [0.15, 0.2) is 72.8 Å². The standard InChI is InChI=1S/3C13H14O3.6C2H6.3B/c1-16-13-4-2-9(3-5-13)10-6-11(14)8-12(15)7-10;1-16-13-4-2-3-9(7-13)10-5-11(14)8-12(15)6-10;1-16-13-5-3-2-4-12(13)9-6-10(14)8-11(15)7-9;6*1-2;;;/h2-5,10H,6-8H2,1H3;2-4,7,10H,5-6,8H2,1H3;2-5,9H,6-8H2,1H3;6*1-2H3;;;. The zero-order valence-corrected chi connectivity index (χ0v) is 41.4. The number of carbonyl (C=O) groups excluding carboxylic acids is 6. The summed E-state index contributed by atoms with van der Waals surface area (Å²) in [6.45, 7) is 24.0. The van der Waals surface area contributed by atoms with Gasteiger partial charge in [-0.1, -0.05) is 126 Å². The molecule has 3 aromatic rings. The molecule has 0 atom stereocenters. The topological polar surface area (TPSA) is 130 Å². The maximum absolute atomic E-state index is 11.4. The van der Waals surface area contributed by atoms with Crippen LogP contribution in [0.2, 0.25) is 0 Å². The number of carbonyl (C=O) groups is 6. The van der Waals surface area contributed by atoms with Crippen LogP contribution >= 0.6 is 0 Å². The van der Waals surface area contributed by atoms with E-state index >= 15 is 0 Å². The third kappa shape index (κ3) is 27.2. The molecule has 63 heavy (non-hydrogen) atoms. The fraction of sp³-hybridized carbons (Fsp3) is 0.529. The zero-order chi connectivity index (χ0) is 46.6. The van der Waals surface area contributed by atoms with Gasteiger partial charge in [0.1, 0.15) is 51.9 Å². The van der Waals surface area contributed by atoms with E-state index in [9.17, 15) is 28.8 Å². The van der Waals surface area contributed by atoms with Gasteiger partial charge in [0.15, 0.2) is 0 Å². The van der Waals surface area contributed by atoms with E-state index in [4.69, 9.17) is 14.2 Å². The minimum atomic E-state index is -0.00935. The molecule has 0 heterocycles. The van der Waals surface area contributed by atoms with Crippen molar-refractivity contribution in [2.24, 2.45) is 0 Å². The number of para-hydroxylation sites is 1. The maximum Gasteiger partial charge on any atom is 0.140 e. The summed E-state index contributed by atoms with van der Waals surface area (Å²) in [6.07, 6.45) is 3.14. The Morgan fingerprint density at radius 3 is 1.08 bits per heavy atom. The quantitative estimate of drug-likeness (QED) is 0.175. The van der Waals surface area contributed by atoms with Crippen LogP contribution in [0, 0.1) is 0 Å². The van der Waals surface area contributed by atoms with Gasteiger partial charge in [-0.2, -0.15) is 0 Å². The van der Waals surface area contributed by atoms with Gasteiger partial charge in [0, 0.05) is 69.7 Å². The van der Waals surface area contributed by atoms with Crippen molar-refractivity contribution in [3.8, 4) is 17.2 Å². The van der Waals surface area contributed by atoms with E-state index in [2.05, 4.69) is 0 Å². The highest BCUT2D eigenvalue weighted by Crippen LogP contribution is 2.35. The molecule has 0 N–H and O–H groups in total. The normalized spacial score (nSPS) is 14.0. The Kier molecular flexibility index (Phi) is 48.8. The van der Waals surface area contributed by atoms with Crippen LogP contribution in [0.5, 0.6) is 17.2 Å². The Labute approximate surface area is 388 Å². The molecular weight excluding hydrogens is 789 g/mol. The summed E-state index contributed by atoms with van der Waals surface area (Å²) in [5, 5.41) is 0. The van der Waals surface area contributed by atoms with Gasteiger partial charge in [-0.15, -0.1) is 0 Å². The number of benzene rings is 3. The summed E-state index contributed by atoms with van der Waals surface area (Å²) in [5.74, 6) is 2.66. The lowest BCUT2D eigenvalue weighted by atomic mass is 9.82. The van der Waals surface area contributed by atoms with Gasteiger partial charge in [0.05, 0.1) is 40.6 Å². The number of hydrogen-bond acceptors (Lipinski definition) is 9. The zero-order valence-electron chi connectivity index (χ0n) is 41.4. The fourth-order valence-electron chi connectivity index (χ4n) is 6.42. The minimum absolute atomic E-state index is 0. The van der Waals surface area contributed by atoms with Crippen molar-refractivity contribution < 1.29 is 43.0 Å². The molecule has 3 aliphatic rings. The van der Waals surface area contributed by atoms with E-state index < -0.39 is 0 Å². The molecule has 9 nitrogen and oxygen atoms in total. The highest BCUT2D eigenvalue weighted by Gasteiger charge is 2.29. The number of ether oxygens (including phenoxy) is 3. The molecule has 345 valence electrons. The summed E-state index contributed by atoms with van der Waals surface area (Å²) < 4.78 is 15.4. The molecule has 0 aliphatic heterocycles. The molecule has 3 aromatic carbocycles. The Balaban J connectivity index is -0.000000169. The molecule has 0 bridgehead atoms. The van der Waals surface area contributed by atoms with Crippen molar-refractivity contribution in [2.45, 2.75) is 159 Å². The van der Waals surface area contributed by atoms with Crippen LogP contribution < -0.4 is 14.2 Å². The van der Waals surface area contributed by atoms with Crippen molar-refractivity contribution in [1.82, 2.24) is 0 Å². The summed E-state index contributed by atoms with van der Waals surface area (Å²) in [6, 6.07) is 22.7. The average Bonchev–Trinajstić information content (AvgIpc) is 3.30. The van der Waals surface area contributed by atoms with Crippen LogP contribution in [0.4, 0.5) is 0 Å². The summed E-state index contributed by atoms with van der Waals surface area (Å²) >= 11 is 0. The minimum Gasteiger partial charge on any atom is -0.497 e. The van der Waals surface area contributed by atoms with Crippen LogP contribution in [0.3, 0.4) is 0 Å². The van der Waals surface area contributed by atoms with Crippen LogP contribution in [-0.4, -0.2) is 81.3 Å². The molecule has 0 unspecified atom stereocenters. The third-order valence-electron chi connectivity index (χ3n) is 8.76. The van der Waals surface area contributed by atoms with Crippen molar-refractivity contribution in [3.63, 3.8) is 0 Å². The second kappa shape index (κ2) is 43.9. The molecule has 3 aliphatic carbocycles. The first-order chi connectivity index (χ1) is 29.1. The smallest absolute Gasteiger partial charge is 0.140 e. The Bertz CT molecular complexity index is 1610. The first-order valence-electron chi connectivity index (χ1n) is 22.1. The fourth-order valence-corrected chi connectivity index (χ4v) is 6.42. The van der Waals surface area contributed by atoms with E-state index in [0.717, 1.165) is 33.9 Å². The number of Topliss-reactive ketones (excluding diaryl/α,β-unsaturated/α-hetero) is 6. The van der Waals surface area contributed by atoms with Gasteiger partial charge in [0.25, 0.3) is 0 Å².